The summed E-state index contributed by atoms with van der Waals surface area (Å²) in [6.07, 6.45) is 0. The molecule has 1 heterocycles. The molecule has 25 heavy (non-hydrogen) atoms. The molecule has 0 fully saturated rings. The first-order valence-electron chi connectivity index (χ1n) is 7.63. The maximum absolute atomic E-state index is 12.9. The van der Waals surface area contributed by atoms with Gasteiger partial charge in [0.25, 0.3) is 5.56 Å². The molecular formula is C18H12N2O5. The predicted molar refractivity (Wildman–Crippen MR) is 89.2 cm³/mol. The number of carbonyl (C=O) groups excluding carboxylic acids is 2. The van der Waals surface area contributed by atoms with Gasteiger partial charge >= 0.3 is 5.69 Å². The first kappa shape index (κ1) is 15.2. The van der Waals surface area contributed by atoms with Gasteiger partial charge in [0.2, 0.25) is 0 Å². The van der Waals surface area contributed by atoms with Gasteiger partial charge in [0.1, 0.15) is 0 Å². The number of carbonyl (C=O) groups is 2. The maximum atomic E-state index is 12.9. The average Bonchev–Trinajstić information content (AvgIpc) is 2.62. The van der Waals surface area contributed by atoms with E-state index in [1.165, 1.54) is 12.1 Å². The van der Waals surface area contributed by atoms with Gasteiger partial charge in [-0.2, -0.15) is 0 Å². The van der Waals surface area contributed by atoms with Crippen molar-refractivity contribution in [2.24, 2.45) is 0 Å². The molecule has 0 bridgehead atoms. The van der Waals surface area contributed by atoms with E-state index in [1.807, 2.05) is 0 Å². The highest BCUT2D eigenvalue weighted by Crippen LogP contribution is 2.30. The number of aliphatic hydroxyl groups excluding tert-OH is 1. The number of rotatable bonds is 2. The monoisotopic (exact) mass is 336 g/mol. The number of hydrogen-bond donors (Lipinski definition) is 2. The largest absolute Gasteiger partial charge is 0.395 e. The molecule has 0 saturated heterocycles. The fraction of sp³-hybridized carbons (Fsp3) is 0.111. The lowest BCUT2D eigenvalue weighted by atomic mass is 9.83. The summed E-state index contributed by atoms with van der Waals surface area (Å²) in [5.74, 6) is -0.738. The lowest BCUT2D eigenvalue weighted by Crippen LogP contribution is -2.37. The molecular weight excluding hydrogens is 324 g/mol. The van der Waals surface area contributed by atoms with Crippen LogP contribution < -0.4 is 11.2 Å². The van der Waals surface area contributed by atoms with E-state index in [1.54, 1.807) is 24.3 Å². The summed E-state index contributed by atoms with van der Waals surface area (Å²) in [5, 5.41) is 9.13. The minimum Gasteiger partial charge on any atom is -0.395 e. The molecule has 2 aromatic carbocycles. The van der Waals surface area contributed by atoms with Crippen molar-refractivity contribution in [1.29, 1.82) is 0 Å². The van der Waals surface area contributed by atoms with Gasteiger partial charge in [0.15, 0.2) is 11.6 Å². The first-order valence-corrected chi connectivity index (χ1v) is 7.63. The van der Waals surface area contributed by atoms with Crippen LogP contribution >= 0.6 is 0 Å². The van der Waals surface area contributed by atoms with E-state index in [0.717, 1.165) is 4.57 Å². The molecule has 0 unspecified atom stereocenters. The van der Waals surface area contributed by atoms with Gasteiger partial charge in [-0.25, -0.2) is 4.79 Å². The molecule has 0 radical (unpaired) electrons. The minimum absolute atomic E-state index is 0.0338. The van der Waals surface area contributed by atoms with E-state index >= 15 is 0 Å². The summed E-state index contributed by atoms with van der Waals surface area (Å²) in [6.45, 7) is -0.527. The normalized spacial score (nSPS) is 13.0. The molecule has 0 atom stereocenters. The smallest absolute Gasteiger partial charge is 0.328 e. The molecule has 7 heteroatoms. The third-order valence-corrected chi connectivity index (χ3v) is 4.37. The van der Waals surface area contributed by atoms with Gasteiger partial charge in [-0.3, -0.25) is 19.0 Å². The number of ketones is 2. The molecule has 7 nitrogen and oxygen atoms in total. The second-order valence-corrected chi connectivity index (χ2v) is 5.73. The second-order valence-electron chi connectivity index (χ2n) is 5.73. The molecule has 1 aromatic heterocycles. The number of aromatic nitrogens is 2. The lowest BCUT2D eigenvalue weighted by molar-refractivity contribution is 0.0980. The standard InChI is InChI=1S/C18H12N2O5/c21-8-7-20-17(24)12-6-5-11-13(14(12)19-18(20)25)16(23)10-4-2-1-3-9(10)15(11)22/h1-6,21H,7-8H2,(H,19,25). The van der Waals surface area contributed by atoms with Gasteiger partial charge in [-0.15, -0.1) is 0 Å². The third-order valence-electron chi connectivity index (χ3n) is 4.37. The zero-order valence-electron chi connectivity index (χ0n) is 12.9. The zero-order valence-corrected chi connectivity index (χ0v) is 12.9. The highest BCUT2D eigenvalue weighted by atomic mass is 16.3. The van der Waals surface area contributed by atoms with Crippen LogP contribution in [0.15, 0.2) is 46.0 Å². The lowest BCUT2D eigenvalue weighted by Gasteiger charge is -2.18. The van der Waals surface area contributed by atoms with Crippen molar-refractivity contribution < 1.29 is 14.7 Å². The molecule has 0 aliphatic heterocycles. The molecule has 3 aromatic rings. The Morgan fingerprint density at radius 2 is 1.56 bits per heavy atom. The number of benzene rings is 2. The molecule has 124 valence electrons. The third kappa shape index (κ3) is 2.03. The number of nitrogens with zero attached hydrogens (tertiary/aromatic N) is 1. The topological polar surface area (TPSA) is 109 Å². The van der Waals surface area contributed by atoms with Crippen LogP contribution in [0.5, 0.6) is 0 Å². The Labute approximate surface area is 140 Å². The van der Waals surface area contributed by atoms with Crippen molar-refractivity contribution in [1.82, 2.24) is 9.55 Å². The Morgan fingerprint density at radius 3 is 2.24 bits per heavy atom. The molecule has 0 spiro atoms. The number of hydrogen-bond acceptors (Lipinski definition) is 5. The van der Waals surface area contributed by atoms with Crippen LogP contribution in [0.4, 0.5) is 0 Å². The molecule has 2 N–H and O–H groups in total. The van der Waals surface area contributed by atoms with Gasteiger partial charge in [0, 0.05) is 16.7 Å². The number of fused-ring (bicyclic) bond motifs is 4. The van der Waals surface area contributed by atoms with Crippen molar-refractivity contribution >= 4 is 22.5 Å². The number of nitrogens with one attached hydrogen (secondary N) is 1. The second kappa shape index (κ2) is 5.35. The number of aromatic amines is 1. The highest BCUT2D eigenvalue weighted by Gasteiger charge is 2.31. The first-order chi connectivity index (χ1) is 12.0. The van der Waals surface area contributed by atoms with Crippen molar-refractivity contribution in [2.75, 3.05) is 6.61 Å². The number of H-pyrrole nitrogens is 1. The fourth-order valence-electron chi connectivity index (χ4n) is 3.21. The van der Waals surface area contributed by atoms with E-state index in [4.69, 9.17) is 5.11 Å². The van der Waals surface area contributed by atoms with E-state index < -0.39 is 17.0 Å². The quantitative estimate of drug-likeness (QED) is 0.553. The van der Waals surface area contributed by atoms with Crippen molar-refractivity contribution in [3.8, 4) is 0 Å². The van der Waals surface area contributed by atoms with Crippen LogP contribution in [0.3, 0.4) is 0 Å². The highest BCUT2D eigenvalue weighted by molar-refractivity contribution is 6.31. The van der Waals surface area contributed by atoms with Gasteiger partial charge in [0.05, 0.1) is 29.6 Å². The molecule has 0 saturated carbocycles. The number of aliphatic hydroxyl groups is 1. The van der Waals surface area contributed by atoms with Gasteiger partial charge in [-0.05, 0) is 12.1 Å². The van der Waals surface area contributed by atoms with Gasteiger partial charge in [-0.1, -0.05) is 24.3 Å². The Kier molecular flexibility index (Phi) is 3.26. The van der Waals surface area contributed by atoms with Crippen LogP contribution in [0, 0.1) is 0 Å². The van der Waals surface area contributed by atoms with Gasteiger partial charge < -0.3 is 10.1 Å². The van der Waals surface area contributed by atoms with Crippen LogP contribution in [0.25, 0.3) is 10.9 Å². The Bertz CT molecular complexity index is 1190. The average molecular weight is 336 g/mol. The van der Waals surface area contributed by atoms with Crippen LogP contribution in [0.2, 0.25) is 0 Å². The molecule has 4 rings (SSSR count). The summed E-state index contributed by atoms with van der Waals surface area (Å²) in [7, 11) is 0. The van der Waals surface area contributed by atoms with E-state index in [9.17, 15) is 19.2 Å². The van der Waals surface area contributed by atoms with Crippen LogP contribution in [-0.2, 0) is 6.54 Å². The predicted octanol–water partition coefficient (Wildman–Crippen LogP) is 0.458. The zero-order chi connectivity index (χ0) is 17.7. The Balaban J connectivity index is 2.11. The van der Waals surface area contributed by atoms with E-state index in [-0.39, 0.29) is 46.5 Å². The molecule has 0 amide bonds. The summed E-state index contributed by atoms with van der Waals surface area (Å²) in [4.78, 5) is 52.7. The van der Waals surface area contributed by atoms with Crippen molar-refractivity contribution in [3.63, 3.8) is 0 Å². The summed E-state index contributed by atoms with van der Waals surface area (Å²) in [6, 6.07) is 9.28. The van der Waals surface area contributed by atoms with Crippen LogP contribution in [-0.4, -0.2) is 32.8 Å². The summed E-state index contributed by atoms with van der Waals surface area (Å²) < 4.78 is 0.859. The SMILES string of the molecule is O=C1c2ccccc2C(=O)c2c1ccc1c(=O)n(CCO)c(=O)[nH]c21. The van der Waals surface area contributed by atoms with Crippen LogP contribution in [0.1, 0.15) is 31.8 Å². The minimum atomic E-state index is -0.737. The maximum Gasteiger partial charge on any atom is 0.328 e. The van der Waals surface area contributed by atoms with E-state index in [0.29, 0.717) is 5.56 Å². The Morgan fingerprint density at radius 1 is 0.880 bits per heavy atom. The summed E-state index contributed by atoms with van der Waals surface area (Å²) in [5.41, 5.74) is -0.566. The Hall–Kier alpha value is -3.32. The van der Waals surface area contributed by atoms with Crippen molar-refractivity contribution in [3.05, 3.63) is 79.5 Å². The molecule has 1 aliphatic carbocycles. The summed E-state index contributed by atoms with van der Waals surface area (Å²) >= 11 is 0. The van der Waals surface area contributed by atoms with Crippen molar-refractivity contribution in [2.45, 2.75) is 6.54 Å². The molecule has 1 aliphatic rings. The fourth-order valence-corrected chi connectivity index (χ4v) is 3.21. The van der Waals surface area contributed by atoms with E-state index in [2.05, 4.69) is 4.98 Å².